The molecule has 0 fully saturated rings. The van der Waals surface area contributed by atoms with Crippen molar-refractivity contribution < 1.29 is 13.2 Å². The molecule has 0 saturated heterocycles. The first kappa shape index (κ1) is 8.59. The van der Waals surface area contributed by atoms with Gasteiger partial charge in [-0.15, -0.1) is 0 Å². The molecular weight excluding hydrogens is 171 g/mol. The Morgan fingerprint density at radius 3 is 2.42 bits per heavy atom. The summed E-state index contributed by atoms with van der Waals surface area (Å²) in [5.41, 5.74) is -0.918. The van der Waals surface area contributed by atoms with Crippen LogP contribution in [0.1, 0.15) is 11.5 Å². The molecule has 0 aliphatic rings. The highest BCUT2D eigenvalue weighted by Gasteiger charge is 2.34. The van der Waals surface area contributed by atoms with Crippen LogP contribution >= 0.6 is 0 Å². The van der Waals surface area contributed by atoms with E-state index >= 15 is 0 Å². The van der Waals surface area contributed by atoms with Gasteiger partial charge in [0.1, 0.15) is 11.8 Å². The predicted octanol–water partition coefficient (Wildman–Crippen LogP) is 1.31. The van der Waals surface area contributed by atoms with E-state index in [1.807, 2.05) is 0 Å². The minimum absolute atomic E-state index is 0.248. The molecule has 0 saturated carbocycles. The van der Waals surface area contributed by atoms with Crippen molar-refractivity contribution in [3.8, 4) is 6.07 Å². The zero-order valence-corrected chi connectivity index (χ0v) is 6.05. The van der Waals surface area contributed by atoms with Crippen LogP contribution in [0.25, 0.3) is 0 Å². The number of aromatic nitrogens is 2. The van der Waals surface area contributed by atoms with Gasteiger partial charge in [0, 0.05) is 7.05 Å². The Bertz CT molecular complexity index is 331. The van der Waals surface area contributed by atoms with Crippen molar-refractivity contribution in [2.45, 2.75) is 6.18 Å². The van der Waals surface area contributed by atoms with Crippen molar-refractivity contribution in [1.82, 2.24) is 9.55 Å². The van der Waals surface area contributed by atoms with Crippen LogP contribution in [0, 0.1) is 11.3 Å². The highest BCUT2D eigenvalue weighted by Crippen LogP contribution is 2.28. The first-order valence-corrected chi connectivity index (χ1v) is 2.96. The number of hydrogen-bond donors (Lipinski definition) is 0. The summed E-state index contributed by atoms with van der Waals surface area (Å²) in [5.74, 6) is -0.248. The highest BCUT2D eigenvalue weighted by atomic mass is 19.4. The van der Waals surface area contributed by atoms with E-state index in [1.165, 1.54) is 6.07 Å². The molecule has 1 rings (SSSR count). The first-order chi connectivity index (χ1) is 5.46. The molecule has 64 valence electrons. The van der Waals surface area contributed by atoms with Crippen molar-refractivity contribution in [3.05, 3.63) is 17.7 Å². The average Bonchev–Trinajstić information content (AvgIpc) is 2.29. The smallest absolute Gasteiger partial charge is 0.315 e. The van der Waals surface area contributed by atoms with Crippen molar-refractivity contribution >= 4 is 0 Å². The second-order valence-corrected chi connectivity index (χ2v) is 2.14. The van der Waals surface area contributed by atoms with Gasteiger partial charge in [-0.1, -0.05) is 0 Å². The summed E-state index contributed by atoms with van der Waals surface area (Å²) in [5, 5.41) is 8.30. The Morgan fingerprint density at radius 1 is 1.58 bits per heavy atom. The van der Waals surface area contributed by atoms with Gasteiger partial charge in [0.05, 0.1) is 6.20 Å². The maximum atomic E-state index is 12.0. The molecule has 3 nitrogen and oxygen atoms in total. The third-order valence-electron chi connectivity index (χ3n) is 1.38. The van der Waals surface area contributed by atoms with E-state index < -0.39 is 11.9 Å². The van der Waals surface area contributed by atoms with E-state index in [2.05, 4.69) is 4.98 Å². The maximum Gasteiger partial charge on any atom is 0.433 e. The largest absolute Gasteiger partial charge is 0.433 e. The average molecular weight is 175 g/mol. The van der Waals surface area contributed by atoms with Gasteiger partial charge in [-0.25, -0.2) is 4.98 Å². The fourth-order valence-corrected chi connectivity index (χ4v) is 0.777. The predicted molar refractivity (Wildman–Crippen MR) is 32.9 cm³/mol. The SMILES string of the molecule is Cn1c(C(F)(F)F)cnc1C#N. The lowest BCUT2D eigenvalue weighted by Crippen LogP contribution is -2.11. The van der Waals surface area contributed by atoms with Gasteiger partial charge in [-0.2, -0.15) is 18.4 Å². The van der Waals surface area contributed by atoms with Crippen molar-refractivity contribution in [2.75, 3.05) is 0 Å². The third kappa shape index (κ3) is 1.25. The Labute approximate surface area is 66.1 Å². The molecule has 12 heavy (non-hydrogen) atoms. The zero-order chi connectivity index (χ0) is 9.35. The van der Waals surface area contributed by atoms with E-state index in [4.69, 9.17) is 5.26 Å². The molecule has 0 atom stereocenters. The van der Waals surface area contributed by atoms with Crippen molar-refractivity contribution in [2.24, 2.45) is 7.05 Å². The fraction of sp³-hybridized carbons (Fsp3) is 0.333. The number of nitrogens with zero attached hydrogens (tertiary/aromatic N) is 3. The summed E-state index contributed by atoms with van der Waals surface area (Å²) in [4.78, 5) is 3.28. The van der Waals surface area contributed by atoms with E-state index in [-0.39, 0.29) is 5.82 Å². The molecule has 6 heteroatoms. The number of alkyl halides is 3. The van der Waals surface area contributed by atoms with Crippen LogP contribution in [0.4, 0.5) is 13.2 Å². The maximum absolute atomic E-state index is 12.0. The van der Waals surface area contributed by atoms with E-state index in [0.717, 1.165) is 7.05 Å². The van der Waals surface area contributed by atoms with Crippen molar-refractivity contribution in [3.63, 3.8) is 0 Å². The molecule has 1 aromatic rings. The quantitative estimate of drug-likeness (QED) is 0.596. The van der Waals surface area contributed by atoms with E-state index in [9.17, 15) is 13.2 Å². The lowest BCUT2D eigenvalue weighted by atomic mass is 10.4. The van der Waals surface area contributed by atoms with Crippen LogP contribution in [0.3, 0.4) is 0 Å². The number of imidazole rings is 1. The molecular formula is C6H4F3N3. The number of rotatable bonds is 0. The number of hydrogen-bond acceptors (Lipinski definition) is 2. The Hall–Kier alpha value is -1.51. The Morgan fingerprint density at radius 2 is 2.17 bits per heavy atom. The van der Waals surface area contributed by atoms with Crippen LogP contribution in [0.2, 0.25) is 0 Å². The van der Waals surface area contributed by atoms with Gasteiger partial charge in [0.15, 0.2) is 0 Å². The van der Waals surface area contributed by atoms with Gasteiger partial charge in [-0.05, 0) is 0 Å². The van der Waals surface area contributed by atoms with Crippen LogP contribution in [-0.2, 0) is 13.2 Å². The number of nitriles is 1. The van der Waals surface area contributed by atoms with E-state index in [0.29, 0.717) is 10.8 Å². The van der Waals surface area contributed by atoms with Gasteiger partial charge in [-0.3, -0.25) is 0 Å². The zero-order valence-electron chi connectivity index (χ0n) is 6.05. The fourth-order valence-electron chi connectivity index (χ4n) is 0.777. The van der Waals surface area contributed by atoms with Gasteiger partial charge in [0.25, 0.3) is 0 Å². The summed E-state index contributed by atoms with van der Waals surface area (Å²) < 4.78 is 36.8. The summed E-state index contributed by atoms with van der Waals surface area (Å²) in [6, 6.07) is 1.54. The second-order valence-electron chi connectivity index (χ2n) is 2.14. The second kappa shape index (κ2) is 2.52. The molecule has 0 aliphatic carbocycles. The van der Waals surface area contributed by atoms with Crippen LogP contribution in [0.5, 0.6) is 0 Å². The lowest BCUT2D eigenvalue weighted by Gasteiger charge is -2.05. The molecule has 1 heterocycles. The summed E-state index contributed by atoms with van der Waals surface area (Å²) in [6.45, 7) is 0. The molecule has 0 N–H and O–H groups in total. The van der Waals surface area contributed by atoms with Crippen molar-refractivity contribution in [1.29, 1.82) is 5.26 Å². The van der Waals surface area contributed by atoms with Gasteiger partial charge in [0.2, 0.25) is 5.82 Å². The molecule has 0 aromatic carbocycles. The third-order valence-corrected chi connectivity index (χ3v) is 1.38. The molecule has 0 radical (unpaired) electrons. The Kier molecular flexibility index (Phi) is 1.80. The molecule has 0 aliphatic heterocycles. The summed E-state index contributed by atoms with van der Waals surface area (Å²) in [6.07, 6.45) is -3.81. The van der Waals surface area contributed by atoms with Gasteiger partial charge < -0.3 is 4.57 Å². The first-order valence-electron chi connectivity index (χ1n) is 2.96. The minimum Gasteiger partial charge on any atom is -0.315 e. The topological polar surface area (TPSA) is 41.6 Å². The lowest BCUT2D eigenvalue weighted by molar-refractivity contribution is -0.143. The van der Waals surface area contributed by atoms with Crippen LogP contribution in [-0.4, -0.2) is 9.55 Å². The minimum atomic E-state index is -4.45. The number of halogens is 3. The Balaban J connectivity index is 3.22. The van der Waals surface area contributed by atoms with Crippen LogP contribution in [0.15, 0.2) is 6.20 Å². The standard InChI is InChI=1S/C6H4F3N3/c1-12-4(6(7,8)9)3-11-5(12)2-10/h3H,1H3. The van der Waals surface area contributed by atoms with Crippen LogP contribution < -0.4 is 0 Å². The molecule has 0 bridgehead atoms. The van der Waals surface area contributed by atoms with E-state index in [1.54, 1.807) is 0 Å². The molecule has 1 aromatic heterocycles. The molecule has 0 amide bonds. The summed E-state index contributed by atoms with van der Waals surface area (Å²) >= 11 is 0. The monoisotopic (exact) mass is 175 g/mol. The molecule has 0 unspecified atom stereocenters. The van der Waals surface area contributed by atoms with Gasteiger partial charge >= 0.3 is 6.18 Å². The molecule has 0 spiro atoms. The summed E-state index contributed by atoms with van der Waals surface area (Å²) in [7, 11) is 1.15. The highest BCUT2D eigenvalue weighted by molar-refractivity contribution is 5.18. The normalized spacial score (nSPS) is 11.2.